The Morgan fingerprint density at radius 3 is 2.56 bits per heavy atom. The molecule has 0 bridgehead atoms. The van der Waals surface area contributed by atoms with E-state index in [1.54, 1.807) is 18.0 Å². The lowest BCUT2D eigenvalue weighted by molar-refractivity contribution is 0.0240. The Kier molecular flexibility index (Phi) is 6.17. The highest BCUT2D eigenvalue weighted by molar-refractivity contribution is 9.10. The summed E-state index contributed by atoms with van der Waals surface area (Å²) < 4.78 is 5.95. The van der Waals surface area contributed by atoms with Crippen molar-refractivity contribution in [3.63, 3.8) is 0 Å². The van der Waals surface area contributed by atoms with Crippen LogP contribution in [0.25, 0.3) is 0 Å². The summed E-state index contributed by atoms with van der Waals surface area (Å²) in [5.41, 5.74) is 1.47. The Hall–Kier alpha value is -1.94. The van der Waals surface area contributed by atoms with Crippen LogP contribution in [-0.4, -0.2) is 63.8 Å². The summed E-state index contributed by atoms with van der Waals surface area (Å²) in [5, 5.41) is 8.94. The normalized spacial score (nSPS) is 16.0. The summed E-state index contributed by atoms with van der Waals surface area (Å²) in [6.45, 7) is 9.38. The van der Waals surface area contributed by atoms with Gasteiger partial charge in [-0.2, -0.15) is 0 Å². The van der Waals surface area contributed by atoms with Crippen LogP contribution in [0, 0.1) is 0 Å². The first-order chi connectivity index (χ1) is 11.7. The fraction of sp³-hybridized carbons (Fsp3) is 0.600. The van der Waals surface area contributed by atoms with Crippen LogP contribution in [-0.2, 0) is 4.74 Å². The lowest BCUT2D eigenvalue weighted by Crippen LogP contribution is -2.50. The quantitative estimate of drug-likeness (QED) is 0.434. The van der Waals surface area contributed by atoms with Crippen molar-refractivity contribution in [3.8, 4) is 0 Å². The van der Waals surface area contributed by atoms with Crippen LogP contribution in [0.3, 0.4) is 0 Å². The summed E-state index contributed by atoms with van der Waals surface area (Å²) in [6, 6.07) is 0. The van der Waals surface area contributed by atoms with Gasteiger partial charge >= 0.3 is 6.09 Å². The summed E-state index contributed by atoms with van der Waals surface area (Å²) in [5.74, 6) is 1.29. The van der Waals surface area contributed by atoms with E-state index in [1.165, 1.54) is 0 Å². The molecular weight excluding hydrogens is 392 g/mol. The van der Waals surface area contributed by atoms with Crippen molar-refractivity contribution < 1.29 is 14.7 Å². The van der Waals surface area contributed by atoms with Crippen molar-refractivity contribution in [3.05, 3.63) is 10.8 Å². The van der Waals surface area contributed by atoms with Crippen molar-refractivity contribution in [2.45, 2.75) is 33.3 Å². The molecule has 10 heteroatoms. The summed E-state index contributed by atoms with van der Waals surface area (Å²) in [6.07, 6.45) is 1.28. The molecule has 1 aromatic heterocycles. The molecule has 0 saturated carbocycles. The van der Waals surface area contributed by atoms with Gasteiger partial charge in [-0.15, -0.1) is 0 Å². The number of ether oxygens (including phenoxy) is 1. The molecule has 0 spiro atoms. The molecule has 1 aliphatic rings. The Morgan fingerprint density at radius 2 is 2.00 bits per heavy atom. The largest absolute Gasteiger partial charge is 0.444 e. The van der Waals surface area contributed by atoms with Crippen LogP contribution in [0.2, 0.25) is 0 Å². The summed E-state index contributed by atoms with van der Waals surface area (Å²) in [4.78, 5) is 28.7. The number of carbonyl (C=O) groups excluding carboxylic acids is 1. The van der Waals surface area contributed by atoms with E-state index in [0.717, 1.165) is 0 Å². The van der Waals surface area contributed by atoms with E-state index in [0.29, 0.717) is 48.3 Å². The minimum atomic E-state index is -0.512. The Balaban J connectivity index is 2.09. The molecule has 0 atom stereocenters. The van der Waals surface area contributed by atoms with Gasteiger partial charge in [-0.05, 0) is 43.6 Å². The standard InChI is InChI=1S/C15H23BrN6O3/c1-10(20-24)18-12-13(17-9-11(16)19-12)21-5-7-22(8-6-21)14(23)25-15(2,3)4/h9,24H,5-8H2,1-4H3,(H,18,19,20). The molecule has 0 aliphatic carbocycles. The number of anilines is 1. The average molecular weight is 415 g/mol. The molecule has 0 aromatic carbocycles. The molecule has 25 heavy (non-hydrogen) atoms. The number of nitrogens with one attached hydrogen (secondary N) is 1. The topological polar surface area (TPSA) is 103 Å². The number of hydrogen-bond donors (Lipinski definition) is 2. The maximum Gasteiger partial charge on any atom is 0.410 e. The number of amides is 1. The summed E-state index contributed by atoms with van der Waals surface area (Å²) in [7, 11) is 0. The zero-order valence-electron chi connectivity index (χ0n) is 14.8. The van der Waals surface area contributed by atoms with Gasteiger partial charge in [-0.1, -0.05) is 0 Å². The number of piperazine rings is 1. The van der Waals surface area contributed by atoms with Crippen LogP contribution in [0.4, 0.5) is 16.4 Å². The number of rotatable bonds is 2. The number of nitrogens with zero attached hydrogens (tertiary/aromatic N) is 5. The van der Waals surface area contributed by atoms with Crippen LogP contribution in [0.1, 0.15) is 27.7 Å². The zero-order valence-corrected chi connectivity index (χ0v) is 16.4. The first-order valence-electron chi connectivity index (χ1n) is 7.90. The van der Waals surface area contributed by atoms with Gasteiger partial charge in [0.2, 0.25) is 0 Å². The molecule has 1 aliphatic heterocycles. The molecule has 1 fully saturated rings. The van der Waals surface area contributed by atoms with E-state index in [-0.39, 0.29) is 6.09 Å². The highest BCUT2D eigenvalue weighted by Crippen LogP contribution is 2.27. The molecule has 0 radical (unpaired) electrons. The number of halogens is 1. The minimum Gasteiger partial charge on any atom is -0.444 e. The second kappa shape index (κ2) is 7.96. The predicted molar refractivity (Wildman–Crippen MR) is 97.4 cm³/mol. The number of amidine groups is 1. The molecule has 138 valence electrons. The van der Waals surface area contributed by atoms with Gasteiger partial charge in [0.1, 0.15) is 16.0 Å². The molecule has 9 nitrogen and oxygen atoms in total. The lowest BCUT2D eigenvalue weighted by atomic mass is 10.2. The smallest absolute Gasteiger partial charge is 0.410 e. The van der Waals surface area contributed by atoms with Gasteiger partial charge < -0.3 is 14.5 Å². The van der Waals surface area contributed by atoms with E-state index in [1.807, 2.05) is 31.2 Å². The SMILES string of the molecule is C/C(=N\c1nc(Br)cnc1N1CCN(C(=O)OC(C)(C)C)CC1)NO. The van der Waals surface area contributed by atoms with Crippen LogP contribution < -0.4 is 10.4 Å². The maximum absolute atomic E-state index is 12.1. The van der Waals surface area contributed by atoms with E-state index >= 15 is 0 Å². The number of hydrogen-bond acceptors (Lipinski definition) is 7. The molecule has 2 rings (SSSR count). The average Bonchev–Trinajstić information content (AvgIpc) is 2.53. The van der Waals surface area contributed by atoms with Crippen LogP contribution in [0.15, 0.2) is 15.8 Å². The van der Waals surface area contributed by atoms with Crippen LogP contribution >= 0.6 is 15.9 Å². The number of carbonyl (C=O) groups is 1. The van der Waals surface area contributed by atoms with E-state index in [9.17, 15) is 4.79 Å². The van der Waals surface area contributed by atoms with Crippen molar-refractivity contribution in [1.29, 1.82) is 0 Å². The minimum absolute atomic E-state index is 0.307. The molecule has 1 saturated heterocycles. The summed E-state index contributed by atoms with van der Waals surface area (Å²) >= 11 is 3.27. The third-order valence-electron chi connectivity index (χ3n) is 3.37. The van der Waals surface area contributed by atoms with Crippen molar-refractivity contribution in [1.82, 2.24) is 20.3 Å². The van der Waals surface area contributed by atoms with Crippen LogP contribution in [0.5, 0.6) is 0 Å². The van der Waals surface area contributed by atoms with Crippen molar-refractivity contribution in [2.75, 3.05) is 31.1 Å². The predicted octanol–water partition coefficient (Wildman–Crippen LogP) is 2.32. The second-order valence-corrected chi connectivity index (χ2v) is 7.42. The molecule has 2 N–H and O–H groups in total. The maximum atomic E-state index is 12.1. The van der Waals surface area contributed by atoms with Gasteiger partial charge in [0.05, 0.1) is 6.20 Å². The number of hydroxylamine groups is 1. The third kappa shape index (κ3) is 5.53. The molecule has 0 unspecified atom stereocenters. The molecule has 2 heterocycles. The van der Waals surface area contributed by atoms with E-state index < -0.39 is 5.60 Å². The highest BCUT2D eigenvalue weighted by Gasteiger charge is 2.27. The molecule has 1 amide bonds. The van der Waals surface area contributed by atoms with Gasteiger partial charge in [0.25, 0.3) is 0 Å². The zero-order chi connectivity index (χ0) is 18.6. The second-order valence-electron chi connectivity index (χ2n) is 6.60. The lowest BCUT2D eigenvalue weighted by Gasteiger charge is -2.36. The molecular formula is C15H23BrN6O3. The van der Waals surface area contributed by atoms with Crippen molar-refractivity contribution >= 4 is 39.5 Å². The monoisotopic (exact) mass is 414 g/mol. The van der Waals surface area contributed by atoms with Gasteiger partial charge in [0, 0.05) is 26.2 Å². The van der Waals surface area contributed by atoms with Gasteiger partial charge in [0.15, 0.2) is 11.6 Å². The Labute approximate surface area is 155 Å². The first kappa shape index (κ1) is 19.4. The van der Waals surface area contributed by atoms with Gasteiger partial charge in [-0.25, -0.2) is 19.8 Å². The third-order valence-corrected chi connectivity index (χ3v) is 3.75. The van der Waals surface area contributed by atoms with Crippen molar-refractivity contribution in [2.24, 2.45) is 4.99 Å². The van der Waals surface area contributed by atoms with Gasteiger partial charge in [-0.3, -0.25) is 10.7 Å². The fourth-order valence-corrected chi connectivity index (χ4v) is 2.53. The van der Waals surface area contributed by atoms with E-state index in [2.05, 4.69) is 30.9 Å². The fourth-order valence-electron chi connectivity index (χ4n) is 2.26. The van der Waals surface area contributed by atoms with E-state index in [4.69, 9.17) is 9.94 Å². The first-order valence-corrected chi connectivity index (χ1v) is 8.69. The highest BCUT2D eigenvalue weighted by atomic mass is 79.9. The number of aliphatic imine (C=N–C) groups is 1. The molecule has 1 aromatic rings. The Bertz CT molecular complexity index is 653. The Morgan fingerprint density at radius 1 is 1.36 bits per heavy atom. The number of aromatic nitrogens is 2.